The van der Waals surface area contributed by atoms with Crippen molar-refractivity contribution in [1.29, 1.82) is 0 Å². The summed E-state index contributed by atoms with van der Waals surface area (Å²) >= 11 is 1.85. The maximum Gasteiger partial charge on any atom is 0.143 e. The minimum absolute atomic E-state index is 0.904. The van der Waals surface area contributed by atoms with Gasteiger partial charge in [-0.15, -0.1) is 11.3 Å². The lowest BCUT2D eigenvalue weighted by Crippen LogP contribution is -2.09. The maximum absolute atomic E-state index is 6.44. The number of para-hydroxylation sites is 2. The molecule has 0 aliphatic carbocycles. The van der Waals surface area contributed by atoms with E-state index in [-0.39, 0.29) is 0 Å². The molecule has 0 fully saturated rings. The van der Waals surface area contributed by atoms with Crippen molar-refractivity contribution in [3.05, 3.63) is 249 Å². The molecular formula is C64H41NOS. The van der Waals surface area contributed by atoms with Crippen LogP contribution >= 0.6 is 11.3 Å². The van der Waals surface area contributed by atoms with E-state index in [1.807, 2.05) is 23.5 Å². The van der Waals surface area contributed by atoms with Crippen molar-refractivity contribution in [1.82, 2.24) is 0 Å². The largest absolute Gasteiger partial charge is 0.455 e. The number of thiophene rings is 1. The van der Waals surface area contributed by atoms with Crippen molar-refractivity contribution in [2.24, 2.45) is 0 Å². The molecule has 0 unspecified atom stereocenters. The molecule has 11 aromatic carbocycles. The number of anilines is 3. The molecule has 0 amide bonds. The quantitative estimate of drug-likeness (QED) is 0.151. The third-order valence-corrected chi connectivity index (χ3v) is 14.5. The average Bonchev–Trinajstić information content (AvgIpc) is 3.98. The molecule has 0 saturated heterocycles. The fraction of sp³-hybridized carbons (Fsp3) is 0. The second-order valence-electron chi connectivity index (χ2n) is 17.3. The van der Waals surface area contributed by atoms with Crippen LogP contribution in [0.4, 0.5) is 17.1 Å². The van der Waals surface area contributed by atoms with Gasteiger partial charge in [-0.05, 0) is 134 Å². The third-order valence-electron chi connectivity index (χ3n) is 13.3. The molecule has 13 aromatic rings. The van der Waals surface area contributed by atoms with Crippen molar-refractivity contribution in [2.75, 3.05) is 4.90 Å². The van der Waals surface area contributed by atoms with Crippen LogP contribution < -0.4 is 4.90 Å². The van der Waals surface area contributed by atoms with Gasteiger partial charge in [-0.25, -0.2) is 0 Å². The molecule has 0 saturated carbocycles. The van der Waals surface area contributed by atoms with Gasteiger partial charge in [-0.1, -0.05) is 176 Å². The van der Waals surface area contributed by atoms with Crippen molar-refractivity contribution in [3.8, 4) is 55.6 Å². The SMILES string of the molecule is c1cc(-c2ccc(-c3ccc(N(c4ccc(-c5ccc6sc7ccccc7c6c5)cc4)c4ccc(-c5cccc6c5oc5ccccc56)cc4)cc3)cc2)cc(-c2ccc3ccccc3c2)c1. The van der Waals surface area contributed by atoms with Gasteiger partial charge in [0.2, 0.25) is 0 Å². The fourth-order valence-corrected chi connectivity index (χ4v) is 10.9. The summed E-state index contributed by atoms with van der Waals surface area (Å²) in [5.41, 5.74) is 16.8. The van der Waals surface area contributed by atoms with E-state index in [1.54, 1.807) is 0 Å². The molecule has 0 bridgehead atoms. The zero-order valence-corrected chi connectivity index (χ0v) is 37.3. The van der Waals surface area contributed by atoms with Gasteiger partial charge in [-0.2, -0.15) is 0 Å². The smallest absolute Gasteiger partial charge is 0.143 e. The first-order chi connectivity index (χ1) is 33.2. The van der Waals surface area contributed by atoms with Crippen molar-refractivity contribution in [2.45, 2.75) is 0 Å². The predicted octanol–water partition coefficient (Wildman–Crippen LogP) is 18.9. The molecule has 0 atom stereocenters. The Labute approximate surface area is 392 Å². The number of rotatable bonds is 8. The Bertz CT molecular complexity index is 3950. The highest BCUT2D eigenvalue weighted by molar-refractivity contribution is 7.25. The van der Waals surface area contributed by atoms with E-state index in [1.165, 1.54) is 75.5 Å². The van der Waals surface area contributed by atoms with Crippen molar-refractivity contribution in [3.63, 3.8) is 0 Å². The zero-order chi connectivity index (χ0) is 44.3. The van der Waals surface area contributed by atoms with Crippen LogP contribution in [0.3, 0.4) is 0 Å². The Balaban J connectivity index is 0.827. The van der Waals surface area contributed by atoms with Crippen LogP contribution in [0.5, 0.6) is 0 Å². The summed E-state index contributed by atoms with van der Waals surface area (Å²) in [4.78, 5) is 2.35. The van der Waals surface area contributed by atoms with E-state index in [4.69, 9.17) is 4.42 Å². The molecule has 0 spiro atoms. The van der Waals surface area contributed by atoms with Gasteiger partial charge in [0.05, 0.1) is 0 Å². The second kappa shape index (κ2) is 16.2. The van der Waals surface area contributed by atoms with Gasteiger partial charge in [0.25, 0.3) is 0 Å². The lowest BCUT2D eigenvalue weighted by atomic mass is 9.96. The van der Waals surface area contributed by atoms with E-state index in [9.17, 15) is 0 Å². The average molecular weight is 872 g/mol. The molecule has 0 aliphatic rings. The van der Waals surface area contributed by atoms with E-state index in [2.05, 4.69) is 241 Å². The molecule has 13 rings (SSSR count). The Morgan fingerprint density at radius 1 is 0.284 bits per heavy atom. The summed E-state index contributed by atoms with van der Waals surface area (Å²) in [5, 5.41) is 7.40. The van der Waals surface area contributed by atoms with E-state index in [0.717, 1.165) is 50.1 Å². The lowest BCUT2D eigenvalue weighted by molar-refractivity contribution is 0.670. The summed E-state index contributed by atoms with van der Waals surface area (Å²) in [6, 6.07) is 90.1. The number of hydrogen-bond acceptors (Lipinski definition) is 3. The van der Waals surface area contributed by atoms with E-state index >= 15 is 0 Å². The highest BCUT2D eigenvalue weighted by atomic mass is 32.1. The van der Waals surface area contributed by atoms with Gasteiger partial charge < -0.3 is 9.32 Å². The van der Waals surface area contributed by atoms with Gasteiger partial charge in [0.1, 0.15) is 11.2 Å². The topological polar surface area (TPSA) is 16.4 Å². The maximum atomic E-state index is 6.44. The highest BCUT2D eigenvalue weighted by Gasteiger charge is 2.17. The first kappa shape index (κ1) is 38.9. The van der Waals surface area contributed by atoms with Crippen molar-refractivity contribution >= 4 is 81.3 Å². The molecule has 0 aliphatic heterocycles. The first-order valence-corrected chi connectivity index (χ1v) is 23.6. The molecule has 2 nitrogen and oxygen atoms in total. The first-order valence-electron chi connectivity index (χ1n) is 22.8. The monoisotopic (exact) mass is 871 g/mol. The van der Waals surface area contributed by atoms with Crippen LogP contribution in [0.15, 0.2) is 253 Å². The van der Waals surface area contributed by atoms with Crippen LogP contribution in [-0.4, -0.2) is 0 Å². The number of nitrogens with zero attached hydrogens (tertiary/aromatic N) is 1. The minimum Gasteiger partial charge on any atom is -0.455 e. The van der Waals surface area contributed by atoms with Crippen LogP contribution in [0.25, 0.3) is 109 Å². The highest BCUT2D eigenvalue weighted by Crippen LogP contribution is 2.42. The summed E-state index contributed by atoms with van der Waals surface area (Å²) in [6.07, 6.45) is 0. The van der Waals surface area contributed by atoms with E-state index in [0.29, 0.717) is 0 Å². The lowest BCUT2D eigenvalue weighted by Gasteiger charge is -2.26. The van der Waals surface area contributed by atoms with Crippen LogP contribution in [0, 0.1) is 0 Å². The number of fused-ring (bicyclic) bond motifs is 7. The number of hydrogen-bond donors (Lipinski definition) is 0. The molecule has 2 aromatic heterocycles. The van der Waals surface area contributed by atoms with E-state index < -0.39 is 0 Å². The van der Waals surface area contributed by atoms with Gasteiger partial charge in [0, 0.05) is 53.6 Å². The summed E-state index contributed by atoms with van der Waals surface area (Å²) in [7, 11) is 0. The predicted molar refractivity (Wildman–Crippen MR) is 286 cm³/mol. The van der Waals surface area contributed by atoms with Crippen LogP contribution in [0.2, 0.25) is 0 Å². The third kappa shape index (κ3) is 7.05. The Kier molecular flexibility index (Phi) is 9.40. The standard InChI is InChI=1S/C64H41NOS/c1-2-10-48-40-51(24-23-42(48)9-1)50-12-7-11-49(39-50)45-21-19-43(20-22-45)44-25-32-53(33-26-44)65(54-34-27-46(28-35-54)52-31-38-63-60(41-52)58-14-4-6-18-62(58)67-63)55-36-29-47(30-37-55)56-15-8-16-59-57-13-3-5-17-61(57)66-64(56)59/h1-41H. The molecule has 0 radical (unpaired) electrons. The molecule has 3 heteroatoms. The second-order valence-corrected chi connectivity index (χ2v) is 18.4. The number of furan rings is 1. The molecule has 0 N–H and O–H groups in total. The van der Waals surface area contributed by atoms with Gasteiger partial charge >= 0.3 is 0 Å². The van der Waals surface area contributed by atoms with Crippen molar-refractivity contribution < 1.29 is 4.42 Å². The molecule has 314 valence electrons. The Hall–Kier alpha value is -8.50. The molecule has 67 heavy (non-hydrogen) atoms. The molecule has 2 heterocycles. The Morgan fingerprint density at radius 3 is 1.48 bits per heavy atom. The molecular weight excluding hydrogens is 831 g/mol. The van der Waals surface area contributed by atoms with Gasteiger partial charge in [-0.3, -0.25) is 0 Å². The minimum atomic E-state index is 0.904. The zero-order valence-electron chi connectivity index (χ0n) is 36.4. The Morgan fingerprint density at radius 2 is 0.761 bits per heavy atom. The van der Waals surface area contributed by atoms with Crippen LogP contribution in [0.1, 0.15) is 0 Å². The summed E-state index contributed by atoms with van der Waals surface area (Å²) < 4.78 is 9.08. The normalized spacial score (nSPS) is 11.6. The number of benzene rings is 11. The summed E-state index contributed by atoms with van der Waals surface area (Å²) in [6.45, 7) is 0. The fourth-order valence-electron chi connectivity index (χ4n) is 9.83. The summed E-state index contributed by atoms with van der Waals surface area (Å²) in [5.74, 6) is 0. The van der Waals surface area contributed by atoms with Crippen LogP contribution in [-0.2, 0) is 0 Å². The van der Waals surface area contributed by atoms with Gasteiger partial charge in [0.15, 0.2) is 0 Å².